The molecule has 1 aliphatic rings. The molecule has 2 amide bonds. The van der Waals surface area contributed by atoms with Crippen molar-refractivity contribution in [3.8, 4) is 5.75 Å². The fourth-order valence-corrected chi connectivity index (χ4v) is 5.02. The van der Waals surface area contributed by atoms with Crippen LogP contribution in [0.25, 0.3) is 0 Å². The largest absolute Gasteiger partial charge is 0.497 e. The molecule has 0 spiro atoms. The Morgan fingerprint density at radius 3 is 2.62 bits per heavy atom. The predicted molar refractivity (Wildman–Crippen MR) is 131 cm³/mol. The molecule has 0 bridgehead atoms. The number of anilines is 2. The highest BCUT2D eigenvalue weighted by molar-refractivity contribution is 8.00. The van der Waals surface area contributed by atoms with Crippen molar-refractivity contribution in [2.24, 2.45) is 0 Å². The lowest BCUT2D eigenvalue weighted by molar-refractivity contribution is -0.115. The van der Waals surface area contributed by atoms with Crippen LogP contribution in [0.15, 0.2) is 72.8 Å². The van der Waals surface area contributed by atoms with Gasteiger partial charge in [-0.2, -0.15) is 0 Å². The van der Waals surface area contributed by atoms with Crippen LogP contribution in [0.2, 0.25) is 0 Å². The molecule has 0 aromatic heterocycles. The number of rotatable bonds is 6. The Kier molecular flexibility index (Phi) is 6.51. The summed E-state index contributed by atoms with van der Waals surface area (Å²) in [6.45, 7) is 4.27. The Morgan fingerprint density at radius 1 is 1.06 bits per heavy atom. The average Bonchev–Trinajstić information content (AvgIpc) is 3.20. The second kappa shape index (κ2) is 9.49. The van der Waals surface area contributed by atoms with Gasteiger partial charge in [0, 0.05) is 16.9 Å². The van der Waals surface area contributed by atoms with Crippen molar-refractivity contribution in [3.63, 3.8) is 0 Å². The molecule has 1 N–H and O–H groups in total. The van der Waals surface area contributed by atoms with E-state index in [9.17, 15) is 9.59 Å². The second-order valence-electron chi connectivity index (χ2n) is 7.95. The first-order valence-corrected chi connectivity index (χ1v) is 11.6. The Balaban J connectivity index is 1.61. The van der Waals surface area contributed by atoms with Crippen molar-refractivity contribution in [1.82, 2.24) is 0 Å². The summed E-state index contributed by atoms with van der Waals surface area (Å²) in [5.74, 6) is 1.25. The first kappa shape index (κ1) is 22.0. The summed E-state index contributed by atoms with van der Waals surface area (Å²) in [6, 6.07) is 22.8. The zero-order chi connectivity index (χ0) is 22.7. The molecule has 1 aliphatic heterocycles. The van der Waals surface area contributed by atoms with E-state index in [1.807, 2.05) is 47.4 Å². The van der Waals surface area contributed by atoms with Crippen molar-refractivity contribution in [2.75, 3.05) is 23.1 Å². The molecule has 0 radical (unpaired) electrons. The van der Waals surface area contributed by atoms with Gasteiger partial charge in [0.05, 0.1) is 12.9 Å². The molecule has 3 aromatic rings. The lowest BCUT2D eigenvalue weighted by Crippen LogP contribution is -2.29. The van der Waals surface area contributed by atoms with Gasteiger partial charge in [0.1, 0.15) is 11.1 Å². The molecule has 1 fully saturated rings. The van der Waals surface area contributed by atoms with Gasteiger partial charge in [-0.25, -0.2) is 0 Å². The van der Waals surface area contributed by atoms with Crippen molar-refractivity contribution in [3.05, 3.63) is 89.5 Å². The molecule has 1 saturated heterocycles. The van der Waals surface area contributed by atoms with Crippen LogP contribution < -0.4 is 15.0 Å². The number of benzene rings is 3. The van der Waals surface area contributed by atoms with Gasteiger partial charge >= 0.3 is 0 Å². The number of para-hydroxylation sites is 1. The van der Waals surface area contributed by atoms with E-state index in [-0.39, 0.29) is 17.2 Å². The fraction of sp³-hybridized carbons (Fsp3) is 0.231. The zero-order valence-electron chi connectivity index (χ0n) is 18.4. The highest BCUT2D eigenvalue weighted by atomic mass is 32.2. The van der Waals surface area contributed by atoms with Gasteiger partial charge in [0.2, 0.25) is 5.91 Å². The summed E-state index contributed by atoms with van der Waals surface area (Å²) >= 11 is 1.60. The van der Waals surface area contributed by atoms with E-state index >= 15 is 0 Å². The highest BCUT2D eigenvalue weighted by Crippen LogP contribution is 2.44. The number of carbonyl (C=O) groups excluding carboxylic acids is 2. The number of carbonyl (C=O) groups is 2. The van der Waals surface area contributed by atoms with E-state index in [2.05, 4.69) is 25.2 Å². The molecule has 32 heavy (non-hydrogen) atoms. The monoisotopic (exact) mass is 446 g/mol. The van der Waals surface area contributed by atoms with Gasteiger partial charge in [-0.1, -0.05) is 50.2 Å². The summed E-state index contributed by atoms with van der Waals surface area (Å²) in [4.78, 5) is 27.5. The molecule has 0 saturated carbocycles. The molecule has 0 unspecified atom stereocenters. The summed E-state index contributed by atoms with van der Waals surface area (Å²) in [5, 5.41) is 2.82. The van der Waals surface area contributed by atoms with Crippen molar-refractivity contribution < 1.29 is 14.3 Å². The van der Waals surface area contributed by atoms with E-state index in [1.54, 1.807) is 43.1 Å². The van der Waals surface area contributed by atoms with Gasteiger partial charge in [0.25, 0.3) is 5.91 Å². The summed E-state index contributed by atoms with van der Waals surface area (Å²) in [7, 11) is 1.57. The van der Waals surface area contributed by atoms with Crippen LogP contribution in [0.1, 0.15) is 46.6 Å². The molecular weight excluding hydrogens is 420 g/mol. The minimum Gasteiger partial charge on any atom is -0.497 e. The quantitative estimate of drug-likeness (QED) is 0.516. The molecule has 1 heterocycles. The molecule has 6 heteroatoms. The summed E-state index contributed by atoms with van der Waals surface area (Å²) in [5.41, 5.74) is 4.28. The van der Waals surface area contributed by atoms with E-state index < -0.39 is 0 Å². The summed E-state index contributed by atoms with van der Waals surface area (Å²) < 4.78 is 5.21. The minimum absolute atomic E-state index is 0.0962. The van der Waals surface area contributed by atoms with Crippen LogP contribution in [0, 0.1) is 0 Å². The number of hydrogen-bond donors (Lipinski definition) is 1. The summed E-state index contributed by atoms with van der Waals surface area (Å²) in [6.07, 6.45) is 0. The van der Waals surface area contributed by atoms with E-state index in [0.29, 0.717) is 28.7 Å². The van der Waals surface area contributed by atoms with E-state index in [1.165, 1.54) is 0 Å². The normalized spacial score (nSPS) is 15.8. The Bertz CT molecular complexity index is 1150. The Labute approximate surface area is 192 Å². The third-order valence-electron chi connectivity index (χ3n) is 5.45. The first-order chi connectivity index (χ1) is 15.5. The number of nitrogens with zero attached hydrogens (tertiary/aromatic N) is 1. The lowest BCUT2D eigenvalue weighted by atomic mass is 10.00. The van der Waals surface area contributed by atoms with E-state index in [0.717, 1.165) is 16.8 Å². The zero-order valence-corrected chi connectivity index (χ0v) is 19.2. The average molecular weight is 447 g/mol. The SMILES string of the molecule is COc1cccc(C(=O)Nc2cccc([C@@H]3SCC(=O)N3c3ccccc3C(C)C)c2)c1. The number of amides is 2. The second-order valence-corrected chi connectivity index (χ2v) is 9.02. The predicted octanol–water partition coefficient (Wildman–Crippen LogP) is 5.85. The number of hydrogen-bond acceptors (Lipinski definition) is 4. The van der Waals surface area contributed by atoms with Gasteiger partial charge in [-0.05, 0) is 53.4 Å². The minimum atomic E-state index is -0.210. The van der Waals surface area contributed by atoms with Gasteiger partial charge in [-0.15, -0.1) is 11.8 Å². The van der Waals surface area contributed by atoms with Crippen LogP contribution in [-0.4, -0.2) is 24.7 Å². The molecule has 4 rings (SSSR count). The molecule has 1 atom stereocenters. The Morgan fingerprint density at radius 2 is 1.84 bits per heavy atom. The topological polar surface area (TPSA) is 58.6 Å². The highest BCUT2D eigenvalue weighted by Gasteiger charge is 2.35. The van der Waals surface area contributed by atoms with Crippen molar-refractivity contribution in [2.45, 2.75) is 25.1 Å². The lowest BCUT2D eigenvalue weighted by Gasteiger charge is -2.28. The van der Waals surface area contributed by atoms with Gasteiger partial charge in [0.15, 0.2) is 0 Å². The van der Waals surface area contributed by atoms with Crippen LogP contribution in [0.4, 0.5) is 11.4 Å². The molecule has 5 nitrogen and oxygen atoms in total. The van der Waals surface area contributed by atoms with Crippen LogP contribution >= 0.6 is 11.8 Å². The molecule has 3 aromatic carbocycles. The number of methoxy groups -OCH3 is 1. The van der Waals surface area contributed by atoms with Crippen LogP contribution in [0.3, 0.4) is 0 Å². The van der Waals surface area contributed by atoms with E-state index in [4.69, 9.17) is 4.74 Å². The maximum Gasteiger partial charge on any atom is 0.255 e. The molecular formula is C26H26N2O3S. The van der Waals surface area contributed by atoms with Crippen molar-refractivity contribution >= 4 is 35.0 Å². The maximum atomic E-state index is 12.9. The van der Waals surface area contributed by atoms with Gasteiger partial charge < -0.3 is 10.1 Å². The fourth-order valence-electron chi connectivity index (χ4n) is 3.86. The number of thioether (sulfide) groups is 1. The third-order valence-corrected chi connectivity index (χ3v) is 6.66. The third kappa shape index (κ3) is 4.50. The number of nitrogens with one attached hydrogen (secondary N) is 1. The smallest absolute Gasteiger partial charge is 0.255 e. The standard InChI is InChI=1S/C26H26N2O3S/c1-17(2)22-12-4-5-13-23(22)28-24(29)16-32-26(28)19-9-6-10-20(14-19)27-25(30)18-8-7-11-21(15-18)31-3/h4-15,17,26H,16H2,1-3H3,(H,27,30)/t26-/m0/s1. The Hall–Kier alpha value is -3.25. The van der Waals surface area contributed by atoms with Crippen LogP contribution in [-0.2, 0) is 4.79 Å². The molecule has 0 aliphatic carbocycles. The molecule has 164 valence electrons. The number of ether oxygens (including phenoxy) is 1. The van der Waals surface area contributed by atoms with Gasteiger partial charge in [-0.3, -0.25) is 14.5 Å². The van der Waals surface area contributed by atoms with Crippen molar-refractivity contribution in [1.29, 1.82) is 0 Å². The van der Waals surface area contributed by atoms with Crippen LogP contribution in [0.5, 0.6) is 5.75 Å². The maximum absolute atomic E-state index is 12.9. The first-order valence-electron chi connectivity index (χ1n) is 10.6.